The van der Waals surface area contributed by atoms with E-state index in [1.807, 2.05) is 68.5 Å². The number of hydrogen-bond acceptors (Lipinski definition) is 4. The number of methoxy groups -OCH3 is 1. The number of benzene rings is 2. The van der Waals surface area contributed by atoms with Crippen molar-refractivity contribution < 1.29 is 14.3 Å². The molecule has 0 saturated heterocycles. The third kappa shape index (κ3) is 7.47. The van der Waals surface area contributed by atoms with Crippen LogP contribution in [-0.2, 0) is 16.1 Å². The number of allylic oxidation sites excluding steroid dienone is 1. The second kappa shape index (κ2) is 11.1. The van der Waals surface area contributed by atoms with Crippen LogP contribution in [0.25, 0.3) is 0 Å². The molecular weight excluding hydrogens is 364 g/mol. The summed E-state index contributed by atoms with van der Waals surface area (Å²) >= 11 is 0. The van der Waals surface area contributed by atoms with Crippen molar-refractivity contribution >= 4 is 5.91 Å². The highest BCUT2D eigenvalue weighted by Gasteiger charge is 2.09. The first kappa shape index (κ1) is 22.2. The molecule has 0 radical (unpaired) electrons. The van der Waals surface area contributed by atoms with Gasteiger partial charge in [0.1, 0.15) is 11.5 Å². The molecule has 29 heavy (non-hydrogen) atoms. The second-order valence-corrected chi connectivity index (χ2v) is 7.13. The number of carbonyl (C=O) groups excluding carboxylic acids is 1. The fourth-order valence-electron chi connectivity index (χ4n) is 2.66. The van der Waals surface area contributed by atoms with Crippen LogP contribution in [0.15, 0.2) is 72.0 Å². The van der Waals surface area contributed by atoms with Crippen LogP contribution in [0.1, 0.15) is 25.0 Å². The van der Waals surface area contributed by atoms with Crippen molar-refractivity contribution in [1.29, 1.82) is 0 Å². The minimum absolute atomic E-state index is 0.197. The second-order valence-electron chi connectivity index (χ2n) is 7.13. The lowest BCUT2D eigenvalue weighted by Gasteiger charge is -2.10. The molecule has 0 heterocycles. The number of amides is 1. The highest BCUT2D eigenvalue weighted by molar-refractivity contribution is 5.96. The molecule has 0 aliphatic rings. The van der Waals surface area contributed by atoms with Gasteiger partial charge in [0.15, 0.2) is 0 Å². The smallest absolute Gasteiger partial charge is 0.253 e. The molecule has 1 unspecified atom stereocenters. The third-order valence-corrected chi connectivity index (χ3v) is 4.32. The number of nitrogens with two attached hydrogens (primary N) is 1. The van der Waals surface area contributed by atoms with E-state index in [-0.39, 0.29) is 11.8 Å². The maximum absolute atomic E-state index is 12.5. The van der Waals surface area contributed by atoms with Crippen molar-refractivity contribution in [3.63, 3.8) is 0 Å². The summed E-state index contributed by atoms with van der Waals surface area (Å²) in [6.45, 7) is 6.77. The lowest BCUT2D eigenvalue weighted by atomic mass is 10.1. The van der Waals surface area contributed by atoms with E-state index in [0.717, 1.165) is 17.1 Å². The first-order valence-corrected chi connectivity index (χ1v) is 9.64. The first-order valence-electron chi connectivity index (χ1n) is 9.64. The normalized spacial score (nSPS) is 13.1. The van der Waals surface area contributed by atoms with E-state index in [1.165, 1.54) is 5.56 Å². The van der Waals surface area contributed by atoms with E-state index in [4.69, 9.17) is 15.2 Å². The van der Waals surface area contributed by atoms with Gasteiger partial charge in [0.2, 0.25) is 0 Å². The van der Waals surface area contributed by atoms with Crippen molar-refractivity contribution in [1.82, 2.24) is 5.32 Å². The van der Waals surface area contributed by atoms with Crippen LogP contribution < -0.4 is 15.8 Å². The van der Waals surface area contributed by atoms with Crippen molar-refractivity contribution in [3.05, 3.63) is 83.1 Å². The summed E-state index contributed by atoms with van der Waals surface area (Å²) < 4.78 is 10.9. The van der Waals surface area contributed by atoms with Gasteiger partial charge >= 0.3 is 0 Å². The average molecular weight is 395 g/mol. The zero-order valence-electron chi connectivity index (χ0n) is 17.6. The molecule has 3 N–H and O–H groups in total. The SMILES string of the molecule is COCC(C)/C=C\C(C(=O)NCc1ccc(Oc2ccc(C)cc2)cc1)=C(/C)N. The zero-order valence-corrected chi connectivity index (χ0v) is 17.6. The highest BCUT2D eigenvalue weighted by atomic mass is 16.5. The molecule has 2 aromatic carbocycles. The molecule has 0 bridgehead atoms. The fraction of sp³-hybridized carbons (Fsp3) is 0.292. The lowest BCUT2D eigenvalue weighted by molar-refractivity contribution is -0.117. The summed E-state index contributed by atoms with van der Waals surface area (Å²) in [7, 11) is 1.65. The molecule has 0 fully saturated rings. The summed E-state index contributed by atoms with van der Waals surface area (Å²) in [4.78, 5) is 12.5. The molecule has 0 aliphatic heterocycles. The summed E-state index contributed by atoms with van der Waals surface area (Å²) in [6, 6.07) is 15.5. The van der Waals surface area contributed by atoms with Gasteiger partial charge in [-0.2, -0.15) is 0 Å². The number of hydrogen-bond donors (Lipinski definition) is 2. The molecule has 0 spiro atoms. The Morgan fingerprint density at radius 2 is 1.69 bits per heavy atom. The van der Waals surface area contributed by atoms with Gasteiger partial charge in [-0.1, -0.05) is 48.9 Å². The Balaban J connectivity index is 1.93. The Hall–Kier alpha value is -3.05. The summed E-state index contributed by atoms with van der Waals surface area (Å²) in [6.07, 6.45) is 3.68. The van der Waals surface area contributed by atoms with Gasteiger partial charge in [0.05, 0.1) is 12.2 Å². The fourth-order valence-corrected chi connectivity index (χ4v) is 2.66. The van der Waals surface area contributed by atoms with Crippen LogP contribution >= 0.6 is 0 Å². The number of carbonyl (C=O) groups is 1. The molecule has 2 aromatic rings. The molecule has 0 aromatic heterocycles. The van der Waals surface area contributed by atoms with Gasteiger partial charge in [0, 0.05) is 19.4 Å². The molecule has 154 valence electrons. The molecule has 1 amide bonds. The van der Waals surface area contributed by atoms with E-state index < -0.39 is 0 Å². The van der Waals surface area contributed by atoms with Crippen molar-refractivity contribution in [2.75, 3.05) is 13.7 Å². The molecule has 0 aliphatic carbocycles. The van der Waals surface area contributed by atoms with Crippen LogP contribution in [0.3, 0.4) is 0 Å². The van der Waals surface area contributed by atoms with Gasteiger partial charge in [-0.3, -0.25) is 4.79 Å². The Morgan fingerprint density at radius 3 is 2.24 bits per heavy atom. The maximum atomic E-state index is 12.5. The number of aryl methyl sites for hydroxylation is 1. The largest absolute Gasteiger partial charge is 0.457 e. The topological polar surface area (TPSA) is 73.6 Å². The Labute approximate surface area is 173 Å². The summed E-state index contributed by atoms with van der Waals surface area (Å²) in [5.41, 5.74) is 8.99. The van der Waals surface area contributed by atoms with Crippen molar-refractivity contribution in [2.45, 2.75) is 27.3 Å². The molecule has 0 saturated carbocycles. The standard InChI is InChI=1S/C24H30N2O3/c1-17-5-10-21(11-6-17)29-22-12-8-20(9-13-22)15-26-24(27)23(19(3)25)14-7-18(2)16-28-4/h5-14,18H,15-16,25H2,1-4H3,(H,26,27)/b14-7-,23-19-. The van der Waals surface area contributed by atoms with E-state index in [9.17, 15) is 4.79 Å². The number of rotatable bonds is 9. The Kier molecular flexibility index (Phi) is 8.49. The summed E-state index contributed by atoms with van der Waals surface area (Å²) in [5.74, 6) is 1.53. The predicted octanol–water partition coefficient (Wildman–Crippen LogP) is 4.47. The molecule has 5 heteroatoms. The monoisotopic (exact) mass is 394 g/mol. The van der Waals surface area contributed by atoms with E-state index in [2.05, 4.69) is 5.32 Å². The van der Waals surface area contributed by atoms with E-state index in [0.29, 0.717) is 24.4 Å². The van der Waals surface area contributed by atoms with Crippen molar-refractivity contribution in [3.8, 4) is 11.5 Å². The van der Waals surface area contributed by atoms with Crippen LogP contribution in [0.5, 0.6) is 11.5 Å². The number of nitrogens with one attached hydrogen (secondary N) is 1. The van der Waals surface area contributed by atoms with Gasteiger partial charge < -0.3 is 20.5 Å². The van der Waals surface area contributed by atoms with Crippen LogP contribution in [0.2, 0.25) is 0 Å². The van der Waals surface area contributed by atoms with E-state index >= 15 is 0 Å². The van der Waals surface area contributed by atoms with Crippen molar-refractivity contribution in [2.24, 2.45) is 11.7 Å². The zero-order chi connectivity index (χ0) is 21.2. The molecule has 1 atom stereocenters. The predicted molar refractivity (Wildman–Crippen MR) is 117 cm³/mol. The highest BCUT2D eigenvalue weighted by Crippen LogP contribution is 2.22. The van der Waals surface area contributed by atoms with Crippen LogP contribution in [-0.4, -0.2) is 19.6 Å². The number of ether oxygens (including phenoxy) is 2. The first-order chi connectivity index (χ1) is 13.9. The molecule has 2 rings (SSSR count). The third-order valence-electron chi connectivity index (χ3n) is 4.32. The minimum atomic E-state index is -0.203. The molecular formula is C24H30N2O3. The van der Waals surface area contributed by atoms with Gasteiger partial charge in [0.25, 0.3) is 5.91 Å². The van der Waals surface area contributed by atoms with Gasteiger partial charge in [-0.05, 0) is 49.6 Å². The van der Waals surface area contributed by atoms with Gasteiger partial charge in [-0.25, -0.2) is 0 Å². The van der Waals surface area contributed by atoms with Crippen LogP contribution in [0, 0.1) is 12.8 Å². The maximum Gasteiger partial charge on any atom is 0.253 e. The summed E-state index contributed by atoms with van der Waals surface area (Å²) in [5, 5.41) is 2.91. The van der Waals surface area contributed by atoms with Crippen LogP contribution in [0.4, 0.5) is 0 Å². The Bertz CT molecular complexity index is 849. The minimum Gasteiger partial charge on any atom is -0.457 e. The van der Waals surface area contributed by atoms with E-state index in [1.54, 1.807) is 20.1 Å². The van der Waals surface area contributed by atoms with Gasteiger partial charge in [-0.15, -0.1) is 0 Å². The average Bonchev–Trinajstić information content (AvgIpc) is 2.69. The quantitative estimate of drug-likeness (QED) is 0.486. The Morgan fingerprint density at radius 1 is 1.10 bits per heavy atom. The lowest BCUT2D eigenvalue weighted by Crippen LogP contribution is -2.25. The molecule has 5 nitrogen and oxygen atoms in total.